The quantitative estimate of drug-likeness (QED) is 0.576. The predicted octanol–water partition coefficient (Wildman–Crippen LogP) is 4.72. The second-order valence-electron chi connectivity index (χ2n) is 5.36. The Morgan fingerprint density at radius 3 is 1.84 bits per heavy atom. The topological polar surface area (TPSA) is 49.6 Å². The molecule has 25 heavy (non-hydrogen) atoms. The Morgan fingerprint density at radius 2 is 1.48 bits per heavy atom. The first-order chi connectivity index (χ1) is 11.8. The molecule has 1 aliphatic rings. The molecule has 1 fully saturated rings. The molecule has 5 nitrogen and oxygen atoms in total. The van der Waals surface area contributed by atoms with Crippen molar-refractivity contribution in [2.75, 3.05) is 37.6 Å². The van der Waals surface area contributed by atoms with Crippen molar-refractivity contribution in [1.82, 2.24) is 4.90 Å². The Kier molecular flexibility index (Phi) is 10.8. The third kappa shape index (κ3) is 9.28. The molecule has 1 aromatic carbocycles. The highest BCUT2D eigenvalue weighted by Gasteiger charge is 2.32. The van der Waals surface area contributed by atoms with Crippen molar-refractivity contribution < 1.29 is 18.1 Å². The highest BCUT2D eigenvalue weighted by atomic mass is 19.4. The van der Waals surface area contributed by atoms with Gasteiger partial charge in [-0.25, -0.2) is 0 Å². The number of halogens is 3. The van der Waals surface area contributed by atoms with Crippen molar-refractivity contribution in [1.29, 1.82) is 0 Å². The Morgan fingerprint density at radius 1 is 1.04 bits per heavy atom. The number of anilines is 1. The number of benzene rings is 1. The lowest BCUT2D eigenvalue weighted by Crippen LogP contribution is -2.49. The minimum atomic E-state index is -4.17. The summed E-state index contributed by atoms with van der Waals surface area (Å²) in [7, 11) is 0. The highest BCUT2D eigenvalue weighted by Crippen LogP contribution is 2.22. The molecule has 0 saturated carbocycles. The number of hydrogen-bond donors (Lipinski definition) is 0. The lowest BCUT2D eigenvalue weighted by atomic mass is 10.2. The fourth-order valence-corrected chi connectivity index (χ4v) is 2.20. The monoisotopic (exact) mass is 363 g/mol. The minimum absolute atomic E-state index is 0.00413. The fourth-order valence-electron chi connectivity index (χ4n) is 2.20. The van der Waals surface area contributed by atoms with E-state index < -0.39 is 17.6 Å². The number of alkyl halides is 3. The van der Waals surface area contributed by atoms with Gasteiger partial charge in [0.05, 0.1) is 11.5 Å². The van der Waals surface area contributed by atoms with Crippen LogP contribution in [-0.4, -0.2) is 48.7 Å². The first-order valence-corrected chi connectivity index (χ1v) is 8.55. The smallest absolute Gasteiger partial charge is 0.369 e. The van der Waals surface area contributed by atoms with Gasteiger partial charge in [0.25, 0.3) is 5.69 Å². The van der Waals surface area contributed by atoms with Crippen molar-refractivity contribution in [3.63, 3.8) is 0 Å². The van der Waals surface area contributed by atoms with Gasteiger partial charge in [-0.15, -0.1) is 0 Å². The lowest BCUT2D eigenvalue weighted by molar-refractivity contribution is -0.384. The van der Waals surface area contributed by atoms with E-state index in [4.69, 9.17) is 0 Å². The summed E-state index contributed by atoms with van der Waals surface area (Å²) in [4.78, 5) is 13.4. The van der Waals surface area contributed by atoms with Crippen LogP contribution in [0.25, 0.3) is 0 Å². The zero-order valence-corrected chi connectivity index (χ0v) is 15.3. The second kappa shape index (κ2) is 11.7. The Labute approximate surface area is 147 Å². The average molecular weight is 363 g/mol. The molecule has 1 aromatic rings. The van der Waals surface area contributed by atoms with Gasteiger partial charge < -0.3 is 4.90 Å². The molecule has 1 aliphatic heterocycles. The maximum absolute atomic E-state index is 12.3. The largest absolute Gasteiger partial charge is 0.401 e. The molecule has 1 heterocycles. The summed E-state index contributed by atoms with van der Waals surface area (Å²) < 4.78 is 36.8. The van der Waals surface area contributed by atoms with Crippen LogP contribution in [0.1, 0.15) is 34.1 Å². The third-order valence-electron chi connectivity index (χ3n) is 3.20. The van der Waals surface area contributed by atoms with Crippen LogP contribution in [0.2, 0.25) is 0 Å². The minimum Gasteiger partial charge on any atom is -0.369 e. The number of piperazine rings is 1. The van der Waals surface area contributed by atoms with Crippen molar-refractivity contribution in [2.45, 2.75) is 40.3 Å². The molecule has 2 rings (SSSR count). The molecule has 0 amide bonds. The molecular weight excluding hydrogens is 335 g/mol. The summed E-state index contributed by atoms with van der Waals surface area (Å²) in [6.07, 6.45) is -2.92. The van der Waals surface area contributed by atoms with Gasteiger partial charge in [-0.3, -0.25) is 15.0 Å². The van der Waals surface area contributed by atoms with Crippen LogP contribution < -0.4 is 4.90 Å². The van der Waals surface area contributed by atoms with Gasteiger partial charge in [-0.2, -0.15) is 13.2 Å². The highest BCUT2D eigenvalue weighted by molar-refractivity contribution is 5.51. The molecule has 144 valence electrons. The van der Waals surface area contributed by atoms with E-state index in [9.17, 15) is 23.3 Å². The summed E-state index contributed by atoms with van der Waals surface area (Å²) in [5, 5.41) is 10.5. The Balaban J connectivity index is 0.00000104. The number of nitro benzene ring substituents is 1. The molecule has 0 aromatic heterocycles. The first-order valence-electron chi connectivity index (χ1n) is 8.55. The predicted molar refractivity (Wildman–Crippen MR) is 95.1 cm³/mol. The van der Waals surface area contributed by atoms with Gasteiger partial charge in [0.15, 0.2) is 0 Å². The fraction of sp³-hybridized carbons (Fsp3) is 0.647. The van der Waals surface area contributed by atoms with E-state index in [1.54, 1.807) is 12.1 Å². The van der Waals surface area contributed by atoms with Crippen LogP contribution in [-0.2, 0) is 0 Å². The van der Waals surface area contributed by atoms with Crippen molar-refractivity contribution in [2.24, 2.45) is 0 Å². The van der Waals surface area contributed by atoms with Gasteiger partial charge in [0.2, 0.25) is 0 Å². The summed E-state index contributed by atoms with van der Waals surface area (Å²) in [5.74, 6) is 0. The summed E-state index contributed by atoms with van der Waals surface area (Å²) in [6, 6.07) is 6.05. The second-order valence-corrected chi connectivity index (χ2v) is 5.36. The van der Waals surface area contributed by atoms with E-state index in [1.807, 2.05) is 18.7 Å². The number of nitro groups is 1. The van der Waals surface area contributed by atoms with Crippen LogP contribution >= 0.6 is 0 Å². The van der Waals surface area contributed by atoms with Crippen LogP contribution in [0, 0.1) is 10.1 Å². The lowest BCUT2D eigenvalue weighted by Gasteiger charge is -2.36. The van der Waals surface area contributed by atoms with Gasteiger partial charge in [0.1, 0.15) is 0 Å². The van der Waals surface area contributed by atoms with Crippen LogP contribution in [0.4, 0.5) is 24.5 Å². The van der Waals surface area contributed by atoms with E-state index in [1.165, 1.54) is 23.5 Å². The van der Waals surface area contributed by atoms with Gasteiger partial charge in [-0.1, -0.05) is 34.1 Å². The van der Waals surface area contributed by atoms with Crippen LogP contribution in [0.3, 0.4) is 0 Å². The molecule has 0 N–H and O–H groups in total. The first kappa shape index (κ1) is 23.2. The summed E-state index contributed by atoms with van der Waals surface area (Å²) in [5.41, 5.74) is 0.798. The van der Waals surface area contributed by atoms with Crippen LogP contribution in [0.5, 0.6) is 0 Å². The SMILES string of the molecule is CC.CCC.O=[N+]([O-])c1ccc(N2CCN(CC(F)(F)F)CC2)cc1. The molecule has 8 heteroatoms. The molecule has 0 spiro atoms. The van der Waals surface area contributed by atoms with E-state index in [0.29, 0.717) is 26.2 Å². The standard InChI is InChI=1S/C12H14F3N3O2.C3H8.C2H6/c13-12(14,15)9-16-5-7-17(8-6-16)10-1-3-11(4-2-10)18(19)20;1-3-2;1-2/h1-4H,5-9H2;3H2,1-2H3;1-2H3. The maximum atomic E-state index is 12.3. The van der Waals surface area contributed by atoms with E-state index in [-0.39, 0.29) is 5.69 Å². The summed E-state index contributed by atoms with van der Waals surface area (Å²) in [6.45, 7) is 8.98. The molecule has 1 saturated heterocycles. The Bertz CT molecular complexity index is 485. The summed E-state index contributed by atoms with van der Waals surface area (Å²) >= 11 is 0. The van der Waals surface area contributed by atoms with Crippen LogP contribution in [0.15, 0.2) is 24.3 Å². The molecule has 0 aliphatic carbocycles. The van der Waals surface area contributed by atoms with Crippen molar-refractivity contribution in [3.05, 3.63) is 34.4 Å². The van der Waals surface area contributed by atoms with Gasteiger partial charge in [-0.05, 0) is 12.1 Å². The van der Waals surface area contributed by atoms with E-state index in [0.717, 1.165) is 5.69 Å². The van der Waals surface area contributed by atoms with E-state index in [2.05, 4.69) is 13.8 Å². The zero-order valence-electron chi connectivity index (χ0n) is 15.3. The van der Waals surface area contributed by atoms with Crippen molar-refractivity contribution >= 4 is 11.4 Å². The van der Waals surface area contributed by atoms with Gasteiger partial charge >= 0.3 is 6.18 Å². The molecule has 0 radical (unpaired) electrons. The maximum Gasteiger partial charge on any atom is 0.401 e. The normalized spacial score (nSPS) is 14.8. The molecule has 0 unspecified atom stereocenters. The molecular formula is C17H28F3N3O2. The third-order valence-corrected chi connectivity index (χ3v) is 3.20. The number of non-ortho nitro benzene ring substituents is 1. The van der Waals surface area contributed by atoms with E-state index >= 15 is 0 Å². The van der Waals surface area contributed by atoms with Gasteiger partial charge in [0, 0.05) is 44.0 Å². The average Bonchev–Trinajstić information content (AvgIpc) is 2.57. The zero-order chi connectivity index (χ0) is 19.5. The molecule has 0 atom stereocenters. The number of rotatable bonds is 3. The van der Waals surface area contributed by atoms with Crippen molar-refractivity contribution in [3.8, 4) is 0 Å². The number of nitrogens with zero attached hydrogens (tertiary/aromatic N) is 3. The molecule has 0 bridgehead atoms. The number of hydrogen-bond acceptors (Lipinski definition) is 4. The Hall–Kier alpha value is -1.83.